The number of nitrogens with one attached hydrogen (secondary N) is 1. The van der Waals surface area contributed by atoms with Crippen molar-refractivity contribution in [3.63, 3.8) is 0 Å². The molecule has 0 atom stereocenters. The molecule has 1 aromatic heterocycles. The summed E-state index contributed by atoms with van der Waals surface area (Å²) in [5.41, 5.74) is 5.22. The molecule has 152 valence electrons. The minimum atomic E-state index is -0.622. The van der Waals surface area contributed by atoms with Gasteiger partial charge in [-0.25, -0.2) is 26.2 Å². The van der Waals surface area contributed by atoms with E-state index in [1.165, 1.54) is 0 Å². The number of hydrazine groups is 2. The second kappa shape index (κ2) is 9.09. The van der Waals surface area contributed by atoms with Crippen LogP contribution in [0.15, 0.2) is 54.7 Å². The number of hydrogen-bond donors (Lipinski definition) is 3. The van der Waals surface area contributed by atoms with Crippen LogP contribution in [0.25, 0.3) is 5.69 Å². The lowest BCUT2D eigenvalue weighted by Crippen LogP contribution is -2.48. The molecule has 2 amide bonds. The molecular formula is C20H24N6O3. The number of carbonyl (C=O) groups excluding carboxylic acids is 1. The summed E-state index contributed by atoms with van der Waals surface area (Å²) in [5, 5.41) is 5.41. The minimum Gasteiger partial charge on any atom is -0.497 e. The summed E-state index contributed by atoms with van der Waals surface area (Å²) in [6.45, 7) is 2.22. The van der Waals surface area contributed by atoms with Crippen molar-refractivity contribution in [3.8, 4) is 17.3 Å². The van der Waals surface area contributed by atoms with Crippen LogP contribution in [-0.2, 0) is 13.0 Å². The first-order valence-electron chi connectivity index (χ1n) is 9.06. The highest BCUT2D eigenvalue weighted by Gasteiger charge is 2.17. The number of nitrogens with two attached hydrogens (primary N) is 2. The molecule has 3 rings (SSSR count). The van der Waals surface area contributed by atoms with Gasteiger partial charge in [0.15, 0.2) is 0 Å². The van der Waals surface area contributed by atoms with Gasteiger partial charge in [0.05, 0.1) is 18.5 Å². The number of hydrogen-bond acceptors (Lipinski definition) is 6. The zero-order valence-corrected chi connectivity index (χ0v) is 16.3. The van der Waals surface area contributed by atoms with Gasteiger partial charge < -0.3 is 9.47 Å². The topological polar surface area (TPSA) is 121 Å². The molecule has 2 aromatic carbocycles. The lowest BCUT2D eigenvalue weighted by atomic mass is 10.0. The largest absolute Gasteiger partial charge is 0.497 e. The number of anilines is 1. The second-order valence-electron chi connectivity index (χ2n) is 6.17. The summed E-state index contributed by atoms with van der Waals surface area (Å²) in [5.74, 6) is 12.3. The van der Waals surface area contributed by atoms with Gasteiger partial charge in [0, 0.05) is 17.8 Å². The first-order chi connectivity index (χ1) is 14.1. The van der Waals surface area contributed by atoms with E-state index in [1.54, 1.807) is 30.1 Å². The molecule has 0 unspecified atom stereocenters. The maximum absolute atomic E-state index is 11.8. The summed E-state index contributed by atoms with van der Waals surface area (Å²) < 4.78 is 12.8. The number of aryl methyl sites for hydroxylation is 1. The van der Waals surface area contributed by atoms with Crippen LogP contribution in [0.2, 0.25) is 0 Å². The Morgan fingerprint density at radius 1 is 1.21 bits per heavy atom. The van der Waals surface area contributed by atoms with Crippen molar-refractivity contribution in [3.05, 3.63) is 65.9 Å². The molecule has 3 aromatic rings. The van der Waals surface area contributed by atoms with Crippen LogP contribution in [0.1, 0.15) is 18.1 Å². The highest BCUT2D eigenvalue weighted by molar-refractivity contribution is 5.91. The molecular weight excluding hydrogens is 372 g/mol. The molecule has 9 nitrogen and oxygen atoms in total. The van der Waals surface area contributed by atoms with Crippen LogP contribution in [0.4, 0.5) is 10.5 Å². The molecule has 9 heteroatoms. The van der Waals surface area contributed by atoms with Crippen molar-refractivity contribution in [2.45, 2.75) is 20.0 Å². The predicted octanol–water partition coefficient (Wildman–Crippen LogP) is 2.29. The number of urea groups is 1. The van der Waals surface area contributed by atoms with Crippen LogP contribution in [0, 0.1) is 0 Å². The van der Waals surface area contributed by atoms with E-state index in [2.05, 4.69) is 5.10 Å². The summed E-state index contributed by atoms with van der Waals surface area (Å²) in [7, 11) is 1.62. The number of aromatic nitrogens is 2. The first kappa shape index (κ1) is 20.2. The van der Waals surface area contributed by atoms with Crippen LogP contribution in [0.5, 0.6) is 11.6 Å². The van der Waals surface area contributed by atoms with E-state index >= 15 is 0 Å². The molecule has 0 radical (unpaired) electrons. The minimum absolute atomic E-state index is 0.199. The van der Waals surface area contributed by atoms with Gasteiger partial charge >= 0.3 is 6.03 Å². The fourth-order valence-electron chi connectivity index (χ4n) is 2.93. The molecule has 1 heterocycles. The maximum Gasteiger partial charge on any atom is 0.350 e. The molecule has 0 bridgehead atoms. The van der Waals surface area contributed by atoms with Gasteiger partial charge in [0.25, 0.3) is 0 Å². The van der Waals surface area contributed by atoms with E-state index in [0.29, 0.717) is 11.6 Å². The second-order valence-corrected chi connectivity index (χ2v) is 6.17. The summed E-state index contributed by atoms with van der Waals surface area (Å²) in [6, 6.07) is 14.2. The van der Waals surface area contributed by atoms with E-state index in [-0.39, 0.29) is 6.61 Å². The van der Waals surface area contributed by atoms with Crippen LogP contribution in [0.3, 0.4) is 0 Å². The van der Waals surface area contributed by atoms with Crippen molar-refractivity contribution < 1.29 is 14.3 Å². The van der Waals surface area contributed by atoms with E-state index in [4.69, 9.17) is 21.2 Å². The highest BCUT2D eigenvalue weighted by atomic mass is 16.5. The third-order valence-corrected chi connectivity index (χ3v) is 4.50. The third kappa shape index (κ3) is 4.48. The van der Waals surface area contributed by atoms with Gasteiger partial charge in [0.2, 0.25) is 5.88 Å². The smallest absolute Gasteiger partial charge is 0.350 e. The van der Waals surface area contributed by atoms with E-state index in [0.717, 1.165) is 34.0 Å². The zero-order valence-electron chi connectivity index (χ0n) is 16.3. The molecule has 0 aliphatic heterocycles. The van der Waals surface area contributed by atoms with E-state index in [9.17, 15) is 4.79 Å². The van der Waals surface area contributed by atoms with Crippen LogP contribution >= 0.6 is 0 Å². The molecule has 0 aliphatic rings. The monoisotopic (exact) mass is 396 g/mol. The van der Waals surface area contributed by atoms with Crippen molar-refractivity contribution >= 4 is 11.7 Å². The Hall–Kier alpha value is -3.56. The number of nitrogens with zero attached hydrogens (tertiary/aromatic N) is 3. The average Bonchev–Trinajstić information content (AvgIpc) is 3.25. The number of ether oxygens (including phenoxy) is 2. The Morgan fingerprint density at radius 3 is 2.62 bits per heavy atom. The third-order valence-electron chi connectivity index (χ3n) is 4.50. The fourth-order valence-corrected chi connectivity index (χ4v) is 2.93. The van der Waals surface area contributed by atoms with Gasteiger partial charge in [-0.05, 0) is 42.3 Å². The van der Waals surface area contributed by atoms with Gasteiger partial charge in [-0.3, -0.25) is 5.43 Å². The maximum atomic E-state index is 11.8. The Balaban J connectivity index is 1.79. The number of amides is 2. The molecule has 0 fully saturated rings. The Morgan fingerprint density at radius 2 is 1.97 bits per heavy atom. The van der Waals surface area contributed by atoms with Gasteiger partial charge in [-0.2, -0.15) is 0 Å². The lowest BCUT2D eigenvalue weighted by molar-refractivity contribution is 0.246. The molecule has 5 N–H and O–H groups in total. The lowest BCUT2D eigenvalue weighted by Gasteiger charge is -2.21. The van der Waals surface area contributed by atoms with Crippen molar-refractivity contribution in [2.75, 3.05) is 12.1 Å². The number of carbonyl (C=O) groups is 1. The number of benzene rings is 2. The zero-order chi connectivity index (χ0) is 20.8. The van der Waals surface area contributed by atoms with Crippen LogP contribution < -0.4 is 31.6 Å². The highest BCUT2D eigenvalue weighted by Crippen LogP contribution is 2.25. The molecule has 0 spiro atoms. The Kier molecular flexibility index (Phi) is 6.32. The van der Waals surface area contributed by atoms with E-state index in [1.807, 2.05) is 48.7 Å². The molecule has 29 heavy (non-hydrogen) atoms. The van der Waals surface area contributed by atoms with Gasteiger partial charge in [-0.15, -0.1) is 5.10 Å². The summed E-state index contributed by atoms with van der Waals surface area (Å²) >= 11 is 0. The SMILES string of the molecule is CCc1cccc(N(N)C(=O)NN)c1COc1ccn(-c2ccc(OC)cc2)n1. The average molecular weight is 396 g/mol. The number of rotatable bonds is 7. The summed E-state index contributed by atoms with van der Waals surface area (Å²) in [4.78, 5) is 11.8. The first-order valence-corrected chi connectivity index (χ1v) is 9.06. The van der Waals surface area contributed by atoms with Gasteiger partial charge in [0.1, 0.15) is 12.4 Å². The van der Waals surface area contributed by atoms with Crippen molar-refractivity contribution in [2.24, 2.45) is 11.7 Å². The fraction of sp³-hybridized carbons (Fsp3) is 0.200. The molecule has 0 saturated carbocycles. The van der Waals surface area contributed by atoms with Gasteiger partial charge in [-0.1, -0.05) is 19.1 Å². The standard InChI is InChI=1S/C20H24N6O3/c1-3-14-5-4-6-18(26(22)20(27)23-21)17(14)13-29-19-11-12-25(24-19)15-7-9-16(28-2)10-8-15/h4-12H,3,13,21-22H2,1-2H3,(H,23,27). The van der Waals surface area contributed by atoms with Crippen LogP contribution in [-0.4, -0.2) is 22.9 Å². The Bertz CT molecular complexity index is 971. The quantitative estimate of drug-likeness (QED) is 0.320. The predicted molar refractivity (Wildman–Crippen MR) is 110 cm³/mol. The number of methoxy groups -OCH3 is 1. The summed E-state index contributed by atoms with van der Waals surface area (Å²) in [6.07, 6.45) is 2.56. The normalized spacial score (nSPS) is 10.5. The van der Waals surface area contributed by atoms with Crippen molar-refractivity contribution in [1.29, 1.82) is 0 Å². The van der Waals surface area contributed by atoms with Crippen molar-refractivity contribution in [1.82, 2.24) is 15.2 Å². The van der Waals surface area contributed by atoms with E-state index < -0.39 is 6.03 Å². The molecule has 0 aliphatic carbocycles. The Labute approximate surface area is 168 Å². The molecule has 0 saturated heterocycles.